The van der Waals surface area contributed by atoms with Gasteiger partial charge in [-0.2, -0.15) is 0 Å². The van der Waals surface area contributed by atoms with Gasteiger partial charge in [-0.1, -0.05) is 0 Å². The van der Waals surface area contributed by atoms with E-state index in [0.717, 1.165) is 30.8 Å². The Morgan fingerprint density at radius 2 is 1.53 bits per heavy atom. The van der Waals surface area contributed by atoms with Gasteiger partial charge >= 0.3 is 0 Å². The number of carbonyl (C=O) groups excluding carboxylic acids is 1. The Bertz CT molecular complexity index is 345. The fourth-order valence-corrected chi connectivity index (χ4v) is 5.20. The molecule has 4 saturated carbocycles. The molecule has 4 fully saturated rings. The maximum Gasteiger partial charge on any atom is 0.163 e. The van der Waals surface area contributed by atoms with Crippen LogP contribution in [0.2, 0.25) is 0 Å². The van der Waals surface area contributed by atoms with E-state index in [0.29, 0.717) is 5.78 Å². The van der Waals surface area contributed by atoms with Crippen molar-refractivity contribution < 1.29 is 4.79 Å². The standard InChI is InChI=1S/C17H27NO/c1-3-18(4-2)6-5-16(19)17-10-13-7-14(11-17)9-15(8-13)12-17/h5-6,13-15H,3-4,7-12H2,1-2H3/b6-5+. The van der Waals surface area contributed by atoms with Gasteiger partial charge in [-0.3, -0.25) is 4.79 Å². The van der Waals surface area contributed by atoms with Gasteiger partial charge in [0.25, 0.3) is 0 Å². The first kappa shape index (κ1) is 13.2. The van der Waals surface area contributed by atoms with Crippen LogP contribution in [-0.4, -0.2) is 23.8 Å². The SMILES string of the molecule is CCN(/C=C/C(=O)C12CC3CC(CC(C3)C1)C2)CC. The zero-order chi connectivity index (χ0) is 13.5. The zero-order valence-corrected chi connectivity index (χ0v) is 12.4. The number of hydrogen-bond donors (Lipinski definition) is 0. The normalized spacial score (nSPS) is 40.0. The molecule has 0 unspecified atom stereocenters. The molecule has 2 heteroatoms. The Kier molecular flexibility index (Phi) is 3.44. The minimum Gasteiger partial charge on any atom is -0.378 e. The highest BCUT2D eigenvalue weighted by molar-refractivity contribution is 5.95. The fourth-order valence-electron chi connectivity index (χ4n) is 5.20. The van der Waals surface area contributed by atoms with Crippen LogP contribution >= 0.6 is 0 Å². The van der Waals surface area contributed by atoms with Crippen LogP contribution in [0, 0.1) is 23.2 Å². The predicted octanol–water partition coefficient (Wildman–Crippen LogP) is 3.63. The Balaban J connectivity index is 1.72. The summed E-state index contributed by atoms with van der Waals surface area (Å²) in [6, 6.07) is 0. The first-order chi connectivity index (χ1) is 9.15. The van der Waals surface area contributed by atoms with E-state index in [-0.39, 0.29) is 5.41 Å². The smallest absolute Gasteiger partial charge is 0.163 e. The molecule has 0 saturated heterocycles. The summed E-state index contributed by atoms with van der Waals surface area (Å²) in [5.74, 6) is 3.00. The average molecular weight is 261 g/mol. The summed E-state index contributed by atoms with van der Waals surface area (Å²) in [6.45, 7) is 6.26. The summed E-state index contributed by atoms with van der Waals surface area (Å²) in [6.07, 6.45) is 11.7. The summed E-state index contributed by atoms with van der Waals surface area (Å²) in [5.41, 5.74) is 0.0401. The van der Waals surface area contributed by atoms with Crippen molar-refractivity contribution in [3.05, 3.63) is 12.3 Å². The molecule has 0 radical (unpaired) electrons. The molecular formula is C17H27NO. The summed E-state index contributed by atoms with van der Waals surface area (Å²) in [4.78, 5) is 14.9. The predicted molar refractivity (Wildman–Crippen MR) is 77.7 cm³/mol. The molecule has 0 aromatic heterocycles. The fraction of sp³-hybridized carbons (Fsp3) is 0.824. The Labute approximate surface area is 117 Å². The Morgan fingerprint density at radius 3 is 1.95 bits per heavy atom. The summed E-state index contributed by atoms with van der Waals surface area (Å²) in [7, 11) is 0. The lowest BCUT2D eigenvalue weighted by atomic mass is 9.48. The molecule has 0 aliphatic heterocycles. The van der Waals surface area contributed by atoms with Crippen LogP contribution in [0.1, 0.15) is 52.4 Å². The molecule has 0 spiro atoms. The molecular weight excluding hydrogens is 234 g/mol. The number of carbonyl (C=O) groups is 1. The van der Waals surface area contributed by atoms with Crippen LogP contribution in [0.4, 0.5) is 0 Å². The summed E-state index contributed by atoms with van der Waals surface area (Å²) < 4.78 is 0. The van der Waals surface area contributed by atoms with Gasteiger partial charge in [-0.15, -0.1) is 0 Å². The van der Waals surface area contributed by atoms with Crippen molar-refractivity contribution in [2.75, 3.05) is 13.1 Å². The average Bonchev–Trinajstić information content (AvgIpc) is 2.38. The van der Waals surface area contributed by atoms with Crippen molar-refractivity contribution in [3.63, 3.8) is 0 Å². The van der Waals surface area contributed by atoms with Crippen LogP contribution in [0.25, 0.3) is 0 Å². The van der Waals surface area contributed by atoms with Crippen molar-refractivity contribution >= 4 is 5.78 Å². The van der Waals surface area contributed by atoms with E-state index in [2.05, 4.69) is 18.7 Å². The van der Waals surface area contributed by atoms with Crippen molar-refractivity contribution in [2.45, 2.75) is 52.4 Å². The lowest BCUT2D eigenvalue weighted by molar-refractivity contribution is -0.138. The topological polar surface area (TPSA) is 20.3 Å². The molecule has 19 heavy (non-hydrogen) atoms. The largest absolute Gasteiger partial charge is 0.378 e. The molecule has 4 rings (SSSR count). The molecule has 2 nitrogen and oxygen atoms in total. The van der Waals surface area contributed by atoms with E-state index in [1.54, 1.807) is 0 Å². The zero-order valence-electron chi connectivity index (χ0n) is 12.4. The van der Waals surface area contributed by atoms with Gasteiger partial charge < -0.3 is 4.90 Å². The molecule has 0 N–H and O–H groups in total. The third kappa shape index (κ3) is 2.34. The monoisotopic (exact) mass is 261 g/mol. The van der Waals surface area contributed by atoms with Crippen molar-refractivity contribution in [1.82, 2.24) is 4.90 Å². The third-order valence-corrected chi connectivity index (χ3v) is 5.81. The number of ketones is 1. The number of allylic oxidation sites excluding steroid dienone is 1. The molecule has 0 atom stereocenters. The van der Waals surface area contributed by atoms with Gasteiger partial charge in [0.05, 0.1) is 0 Å². The minimum absolute atomic E-state index is 0.0401. The van der Waals surface area contributed by atoms with E-state index < -0.39 is 0 Å². The van der Waals surface area contributed by atoms with Gasteiger partial charge in [0.2, 0.25) is 0 Å². The van der Waals surface area contributed by atoms with E-state index in [9.17, 15) is 4.79 Å². The maximum absolute atomic E-state index is 12.7. The number of rotatable bonds is 5. The lowest BCUT2D eigenvalue weighted by Crippen LogP contribution is -2.49. The van der Waals surface area contributed by atoms with E-state index in [1.807, 2.05) is 12.3 Å². The van der Waals surface area contributed by atoms with Crippen molar-refractivity contribution in [3.8, 4) is 0 Å². The second kappa shape index (κ2) is 4.96. The lowest BCUT2D eigenvalue weighted by Gasteiger charge is -2.55. The third-order valence-electron chi connectivity index (χ3n) is 5.81. The first-order valence-electron chi connectivity index (χ1n) is 8.12. The van der Waals surface area contributed by atoms with Crippen molar-refractivity contribution in [2.24, 2.45) is 23.2 Å². The summed E-state index contributed by atoms with van der Waals surface area (Å²) >= 11 is 0. The van der Waals surface area contributed by atoms with Crippen LogP contribution in [-0.2, 0) is 4.79 Å². The molecule has 0 heterocycles. The number of nitrogens with zero attached hydrogens (tertiary/aromatic N) is 1. The molecule has 106 valence electrons. The first-order valence-corrected chi connectivity index (χ1v) is 8.12. The number of hydrogen-bond acceptors (Lipinski definition) is 2. The van der Waals surface area contributed by atoms with E-state index in [1.165, 1.54) is 38.5 Å². The second-order valence-corrected chi connectivity index (χ2v) is 7.10. The second-order valence-electron chi connectivity index (χ2n) is 7.10. The molecule has 4 aliphatic rings. The van der Waals surface area contributed by atoms with Gasteiger partial charge in [0, 0.05) is 24.7 Å². The Hall–Kier alpha value is -0.790. The Morgan fingerprint density at radius 1 is 1.05 bits per heavy atom. The highest BCUT2D eigenvalue weighted by Gasteiger charge is 2.53. The van der Waals surface area contributed by atoms with E-state index in [4.69, 9.17) is 0 Å². The van der Waals surface area contributed by atoms with Gasteiger partial charge in [-0.05, 0) is 76.2 Å². The van der Waals surface area contributed by atoms with Crippen LogP contribution < -0.4 is 0 Å². The maximum atomic E-state index is 12.7. The molecule has 4 aliphatic carbocycles. The van der Waals surface area contributed by atoms with Crippen LogP contribution in [0.3, 0.4) is 0 Å². The van der Waals surface area contributed by atoms with Crippen LogP contribution in [0.5, 0.6) is 0 Å². The molecule has 0 aromatic carbocycles. The molecule has 0 aromatic rings. The van der Waals surface area contributed by atoms with E-state index >= 15 is 0 Å². The van der Waals surface area contributed by atoms with Gasteiger partial charge in [0.15, 0.2) is 5.78 Å². The summed E-state index contributed by atoms with van der Waals surface area (Å²) in [5, 5.41) is 0. The molecule has 0 amide bonds. The van der Waals surface area contributed by atoms with Gasteiger partial charge in [0.1, 0.15) is 0 Å². The highest BCUT2D eigenvalue weighted by atomic mass is 16.1. The quantitative estimate of drug-likeness (QED) is 0.704. The van der Waals surface area contributed by atoms with Crippen LogP contribution in [0.15, 0.2) is 12.3 Å². The van der Waals surface area contributed by atoms with Crippen molar-refractivity contribution in [1.29, 1.82) is 0 Å². The van der Waals surface area contributed by atoms with Gasteiger partial charge in [-0.25, -0.2) is 0 Å². The highest BCUT2D eigenvalue weighted by Crippen LogP contribution is 2.60. The molecule has 4 bridgehead atoms. The minimum atomic E-state index is 0.0401.